The van der Waals surface area contributed by atoms with Crippen LogP contribution in [0.15, 0.2) is 35.4 Å². The van der Waals surface area contributed by atoms with Gasteiger partial charge in [-0.25, -0.2) is 18.0 Å². The molecule has 6 aliphatic rings. The predicted octanol–water partition coefficient (Wildman–Crippen LogP) is 8.11. The fourth-order valence-electron chi connectivity index (χ4n) is 13.8. The van der Waals surface area contributed by atoms with Crippen LogP contribution in [0, 0.1) is 44.3 Å². The average Bonchev–Trinajstić information content (AvgIpc) is 3.19. The summed E-state index contributed by atoms with van der Waals surface area (Å²) >= 11 is 0. The predicted molar refractivity (Wildman–Crippen MR) is 234 cm³/mol. The molecular weight excluding hydrogens is 793 g/mol. The van der Waals surface area contributed by atoms with E-state index in [0.717, 1.165) is 77.2 Å². The summed E-state index contributed by atoms with van der Waals surface area (Å²) in [7, 11) is -2.93. The quantitative estimate of drug-likeness (QED) is 0.100. The van der Waals surface area contributed by atoms with Crippen molar-refractivity contribution in [2.24, 2.45) is 44.3 Å². The van der Waals surface area contributed by atoms with Crippen molar-refractivity contribution in [3.63, 3.8) is 0 Å². The van der Waals surface area contributed by atoms with E-state index >= 15 is 0 Å². The molecule has 0 bridgehead atoms. The van der Waals surface area contributed by atoms with Crippen LogP contribution in [0.2, 0.25) is 0 Å². The number of carbonyl (C=O) groups excluding carboxylic acids is 4. The molecule has 0 radical (unpaired) electrons. The van der Waals surface area contributed by atoms with Crippen LogP contribution in [0.1, 0.15) is 153 Å². The second-order valence-corrected chi connectivity index (χ2v) is 24.0. The van der Waals surface area contributed by atoms with Crippen LogP contribution < -0.4 is 5.32 Å². The topological polar surface area (TPSA) is 145 Å². The van der Waals surface area contributed by atoms with E-state index < -0.39 is 27.2 Å². The van der Waals surface area contributed by atoms with Crippen molar-refractivity contribution in [1.82, 2.24) is 10.2 Å². The largest absolute Gasteiger partial charge is 0.465 e. The Morgan fingerprint density at radius 2 is 1.44 bits per heavy atom. The van der Waals surface area contributed by atoms with Gasteiger partial charge in [0.25, 0.3) is 0 Å². The van der Waals surface area contributed by atoms with Crippen LogP contribution >= 0.6 is 0 Å². The number of nitrogens with one attached hydrogen (secondary N) is 1. The summed E-state index contributed by atoms with van der Waals surface area (Å²) in [6.45, 7) is 20.7. The lowest BCUT2D eigenvalue weighted by atomic mass is 9.34. The highest BCUT2D eigenvalue weighted by Crippen LogP contribution is 2.75. The van der Waals surface area contributed by atoms with Crippen LogP contribution in [0.4, 0.5) is 0 Å². The zero-order valence-electron chi connectivity index (χ0n) is 38.2. The van der Waals surface area contributed by atoms with Crippen LogP contribution in [0.3, 0.4) is 0 Å². The highest BCUT2D eigenvalue weighted by molar-refractivity contribution is 7.91. The van der Waals surface area contributed by atoms with Gasteiger partial charge in [0.2, 0.25) is 5.91 Å². The number of carbonyl (C=O) groups is 4. The third-order valence-electron chi connectivity index (χ3n) is 17.5. The van der Waals surface area contributed by atoms with Crippen LogP contribution in [0.5, 0.6) is 0 Å². The molecule has 5 fully saturated rings. The first kappa shape index (κ1) is 45.8. The number of hydrogen-bond acceptors (Lipinski definition) is 10. The third-order valence-corrected chi connectivity index (χ3v) is 19.1. The summed E-state index contributed by atoms with van der Waals surface area (Å²) < 4.78 is 41.8. The molecule has 1 saturated heterocycles. The number of amides is 1. The molecule has 0 spiro atoms. The maximum Gasteiger partial charge on any atom is 0.339 e. The van der Waals surface area contributed by atoms with E-state index in [4.69, 9.17) is 14.2 Å². The van der Waals surface area contributed by atoms with E-state index in [9.17, 15) is 27.6 Å². The Labute approximate surface area is 364 Å². The summed E-state index contributed by atoms with van der Waals surface area (Å²) in [6.07, 6.45) is 10.8. The Morgan fingerprint density at radius 3 is 2.13 bits per heavy atom. The molecular formula is C49H72N2O9S. The molecule has 1 N–H and O–H groups in total. The molecule has 5 aliphatic carbocycles. The van der Waals surface area contributed by atoms with E-state index in [2.05, 4.69) is 58.7 Å². The standard InChI is InChI=1S/C49H72N2O9S/c1-33(52)50-24-29-58-41(53)34-12-9-10-13-35(34)42(54)60-40-17-18-46(6)38(45(40,4)5)16-19-48(8)39(46)15-14-36-37-32-44(2,3)20-22-49(37,23-21-47(36,48)7)43(55)59-28-11-25-51-26-30-61(56,57)31-27-51/h9-10,12-13,38-40H,11,14-32H2,1-8H3,(H,50,52)/t38-,39+,40-,46-,47+,48+,49-/m0/s1. The number of allylic oxidation sites excluding steroid dienone is 1. The van der Waals surface area contributed by atoms with Gasteiger partial charge in [0.1, 0.15) is 12.7 Å². The van der Waals surface area contributed by atoms with Crippen molar-refractivity contribution in [2.75, 3.05) is 50.9 Å². The van der Waals surface area contributed by atoms with Gasteiger partial charge in [0, 0.05) is 32.0 Å². The Kier molecular flexibility index (Phi) is 12.5. The van der Waals surface area contributed by atoms with E-state index in [1.165, 1.54) is 18.1 Å². The van der Waals surface area contributed by atoms with Gasteiger partial charge in [-0.2, -0.15) is 0 Å². The minimum absolute atomic E-state index is 0.000449. The summed E-state index contributed by atoms with van der Waals surface area (Å²) in [5.41, 5.74) is 2.52. The number of benzene rings is 1. The lowest BCUT2D eigenvalue weighted by molar-refractivity contribution is -0.205. The van der Waals surface area contributed by atoms with E-state index in [-0.39, 0.29) is 80.8 Å². The van der Waals surface area contributed by atoms with Crippen molar-refractivity contribution < 1.29 is 41.8 Å². The van der Waals surface area contributed by atoms with Crippen molar-refractivity contribution in [1.29, 1.82) is 0 Å². The summed E-state index contributed by atoms with van der Waals surface area (Å²) in [5, 5.41) is 2.61. The van der Waals surface area contributed by atoms with E-state index in [1.807, 2.05) is 0 Å². The highest BCUT2D eigenvalue weighted by atomic mass is 32.2. The Balaban J connectivity index is 1.07. The molecule has 1 aliphatic heterocycles. The monoisotopic (exact) mass is 864 g/mol. The van der Waals surface area contributed by atoms with Gasteiger partial charge in [0.15, 0.2) is 9.84 Å². The number of fused-ring (bicyclic) bond motifs is 6. The van der Waals surface area contributed by atoms with Gasteiger partial charge < -0.3 is 24.4 Å². The average molecular weight is 865 g/mol. The zero-order chi connectivity index (χ0) is 44.2. The number of sulfone groups is 1. The molecule has 4 saturated carbocycles. The third kappa shape index (κ3) is 8.35. The van der Waals surface area contributed by atoms with Gasteiger partial charge in [-0.1, -0.05) is 71.7 Å². The molecule has 0 unspecified atom stereocenters. The van der Waals surface area contributed by atoms with Crippen LogP contribution in [-0.4, -0.2) is 94.1 Å². The Hall–Kier alpha value is -3.25. The van der Waals surface area contributed by atoms with Crippen molar-refractivity contribution in [3.05, 3.63) is 46.5 Å². The molecule has 7 atom stereocenters. The second kappa shape index (κ2) is 16.7. The van der Waals surface area contributed by atoms with Crippen molar-refractivity contribution >= 4 is 33.7 Å². The number of rotatable bonds is 11. The van der Waals surface area contributed by atoms with Gasteiger partial charge in [-0.15, -0.1) is 0 Å². The number of ether oxygens (including phenoxy) is 3. The van der Waals surface area contributed by atoms with Crippen LogP contribution in [0.25, 0.3) is 0 Å². The normalized spacial score (nSPS) is 35.0. The lowest BCUT2D eigenvalue weighted by Gasteiger charge is -2.71. The lowest BCUT2D eigenvalue weighted by Crippen LogP contribution is -2.64. The Bertz CT molecular complexity index is 2030. The second-order valence-electron chi connectivity index (χ2n) is 21.7. The molecule has 338 valence electrons. The maximum absolute atomic E-state index is 14.5. The first-order valence-electron chi connectivity index (χ1n) is 23.1. The molecule has 1 heterocycles. The fraction of sp³-hybridized carbons (Fsp3) is 0.755. The molecule has 0 aromatic heterocycles. The number of hydrogen-bond donors (Lipinski definition) is 1. The molecule has 12 heteroatoms. The van der Waals surface area contributed by atoms with Gasteiger partial charge in [-0.05, 0) is 123 Å². The summed E-state index contributed by atoms with van der Waals surface area (Å²) in [4.78, 5) is 54.8. The molecule has 1 amide bonds. The van der Waals surface area contributed by atoms with E-state index in [1.54, 1.807) is 24.3 Å². The van der Waals surface area contributed by atoms with Gasteiger partial charge in [0.05, 0.1) is 41.2 Å². The maximum atomic E-state index is 14.5. The molecule has 7 rings (SSSR count). The molecule has 1 aromatic rings. The molecule has 11 nitrogen and oxygen atoms in total. The fourth-order valence-corrected chi connectivity index (χ4v) is 15.1. The zero-order valence-corrected chi connectivity index (χ0v) is 39.0. The highest BCUT2D eigenvalue weighted by Gasteiger charge is 2.68. The summed E-state index contributed by atoms with van der Waals surface area (Å²) in [6, 6.07) is 6.63. The molecule has 1 aromatic carbocycles. The first-order valence-corrected chi connectivity index (χ1v) is 25.0. The smallest absolute Gasteiger partial charge is 0.339 e. The number of esters is 3. The number of nitrogens with zero attached hydrogens (tertiary/aromatic N) is 1. The van der Waals surface area contributed by atoms with Crippen molar-refractivity contribution in [2.45, 2.75) is 139 Å². The van der Waals surface area contributed by atoms with Crippen LogP contribution in [-0.2, 0) is 33.6 Å². The SMILES string of the molecule is CC(=O)NCCOC(=O)c1ccccc1C(=O)O[C@H]1CC[C@]2(C)[C@H]3CCC4=C5CC(C)(C)CC[C@]5(C(=O)OCCCN5CCS(=O)(=O)CC5)CC[C@@]4(C)[C@]3(C)CC[C@H]2C1(C)C. The first-order chi connectivity index (χ1) is 28.6. The van der Waals surface area contributed by atoms with Gasteiger partial charge in [-0.3, -0.25) is 9.59 Å². The summed E-state index contributed by atoms with van der Waals surface area (Å²) in [5.74, 6) is -0.191. The minimum atomic E-state index is -2.93. The van der Waals surface area contributed by atoms with Gasteiger partial charge >= 0.3 is 17.9 Å². The van der Waals surface area contributed by atoms with E-state index in [0.29, 0.717) is 38.0 Å². The van der Waals surface area contributed by atoms with Crippen molar-refractivity contribution in [3.8, 4) is 0 Å². The minimum Gasteiger partial charge on any atom is -0.465 e. The molecule has 61 heavy (non-hydrogen) atoms. The Morgan fingerprint density at radius 1 is 0.770 bits per heavy atom.